The van der Waals surface area contributed by atoms with Crippen LogP contribution in [0.1, 0.15) is 34.1 Å². The van der Waals surface area contributed by atoms with Crippen molar-refractivity contribution in [1.29, 1.82) is 0 Å². The second kappa shape index (κ2) is 4.10. The zero-order valence-corrected chi connectivity index (χ0v) is 9.95. The number of carbonyl (C=O) groups excluding carboxylic acids is 1. The van der Waals surface area contributed by atoms with Crippen LogP contribution in [0.4, 0.5) is 0 Å². The van der Waals surface area contributed by atoms with E-state index >= 15 is 0 Å². The standard InChI is InChI=1S/C11H22N2O2/c1-6(2)9(12)10(15)13-7-5-8(14)11(7,3)4/h6-9,14H,5,12H2,1-4H3,(H,13,15)/t7?,8?,9-/m1/s1. The van der Waals surface area contributed by atoms with Gasteiger partial charge in [-0.25, -0.2) is 0 Å². The fraction of sp³-hybridized carbons (Fsp3) is 0.909. The Kier molecular flexibility index (Phi) is 3.41. The second-order valence-electron chi connectivity index (χ2n) is 5.40. The maximum absolute atomic E-state index is 11.7. The van der Waals surface area contributed by atoms with E-state index in [2.05, 4.69) is 5.32 Å². The van der Waals surface area contributed by atoms with Gasteiger partial charge in [0, 0.05) is 11.5 Å². The molecule has 0 aromatic rings. The Morgan fingerprint density at radius 3 is 2.40 bits per heavy atom. The van der Waals surface area contributed by atoms with E-state index in [0.29, 0.717) is 6.42 Å². The molecule has 15 heavy (non-hydrogen) atoms. The van der Waals surface area contributed by atoms with Gasteiger partial charge in [-0.3, -0.25) is 4.79 Å². The van der Waals surface area contributed by atoms with Crippen molar-refractivity contribution in [2.45, 2.75) is 52.3 Å². The molecule has 4 heteroatoms. The van der Waals surface area contributed by atoms with Crippen LogP contribution < -0.4 is 11.1 Å². The topological polar surface area (TPSA) is 75.4 Å². The highest BCUT2D eigenvalue weighted by Crippen LogP contribution is 2.40. The number of amides is 1. The van der Waals surface area contributed by atoms with Crippen LogP contribution in [0.3, 0.4) is 0 Å². The fourth-order valence-corrected chi connectivity index (χ4v) is 1.72. The predicted molar refractivity (Wildman–Crippen MR) is 59.1 cm³/mol. The van der Waals surface area contributed by atoms with Crippen molar-refractivity contribution in [3.63, 3.8) is 0 Å². The zero-order chi connectivity index (χ0) is 11.8. The molecule has 0 radical (unpaired) electrons. The highest BCUT2D eigenvalue weighted by molar-refractivity contribution is 5.82. The lowest BCUT2D eigenvalue weighted by molar-refractivity contribution is -0.131. The quantitative estimate of drug-likeness (QED) is 0.630. The van der Waals surface area contributed by atoms with Gasteiger partial charge < -0.3 is 16.2 Å². The van der Waals surface area contributed by atoms with Gasteiger partial charge in [-0.15, -0.1) is 0 Å². The van der Waals surface area contributed by atoms with Crippen LogP contribution in [0.25, 0.3) is 0 Å². The zero-order valence-electron chi connectivity index (χ0n) is 9.95. The molecule has 1 aliphatic carbocycles. The van der Waals surface area contributed by atoms with Crippen molar-refractivity contribution in [2.24, 2.45) is 17.1 Å². The van der Waals surface area contributed by atoms with E-state index in [1.54, 1.807) is 0 Å². The molecule has 0 aromatic heterocycles. The molecule has 4 N–H and O–H groups in total. The first-order chi connectivity index (χ1) is 6.76. The van der Waals surface area contributed by atoms with Gasteiger partial charge in [0.05, 0.1) is 12.1 Å². The van der Waals surface area contributed by atoms with Crippen molar-refractivity contribution in [3.05, 3.63) is 0 Å². The van der Waals surface area contributed by atoms with Crippen LogP contribution >= 0.6 is 0 Å². The Morgan fingerprint density at radius 2 is 2.07 bits per heavy atom. The van der Waals surface area contributed by atoms with E-state index in [4.69, 9.17) is 5.73 Å². The molecule has 0 heterocycles. The number of rotatable bonds is 3. The smallest absolute Gasteiger partial charge is 0.237 e. The molecular weight excluding hydrogens is 192 g/mol. The van der Waals surface area contributed by atoms with Gasteiger partial charge >= 0.3 is 0 Å². The minimum atomic E-state index is -0.460. The molecule has 2 unspecified atom stereocenters. The summed E-state index contributed by atoms with van der Waals surface area (Å²) in [5, 5.41) is 12.4. The third-order valence-electron chi connectivity index (χ3n) is 3.55. The highest BCUT2D eigenvalue weighted by atomic mass is 16.3. The molecule has 0 aliphatic heterocycles. The van der Waals surface area contributed by atoms with Crippen molar-refractivity contribution < 1.29 is 9.90 Å². The molecule has 0 bridgehead atoms. The van der Waals surface area contributed by atoms with Crippen molar-refractivity contribution >= 4 is 5.91 Å². The molecule has 3 atom stereocenters. The van der Waals surface area contributed by atoms with Gasteiger partial charge in [-0.1, -0.05) is 27.7 Å². The summed E-state index contributed by atoms with van der Waals surface area (Å²) in [4.78, 5) is 11.7. The van der Waals surface area contributed by atoms with Crippen LogP contribution in [0.2, 0.25) is 0 Å². The summed E-state index contributed by atoms with van der Waals surface area (Å²) in [5.41, 5.74) is 5.51. The first-order valence-corrected chi connectivity index (χ1v) is 5.50. The number of carbonyl (C=O) groups is 1. The summed E-state index contributed by atoms with van der Waals surface area (Å²) in [5.74, 6) is 0.0214. The molecule has 1 saturated carbocycles. The van der Waals surface area contributed by atoms with Crippen molar-refractivity contribution in [2.75, 3.05) is 0 Å². The van der Waals surface area contributed by atoms with Gasteiger partial charge in [-0.2, -0.15) is 0 Å². The maximum Gasteiger partial charge on any atom is 0.237 e. The van der Waals surface area contributed by atoms with E-state index in [-0.39, 0.29) is 29.4 Å². The van der Waals surface area contributed by atoms with E-state index in [1.165, 1.54) is 0 Å². The average molecular weight is 214 g/mol. The van der Waals surface area contributed by atoms with Crippen LogP contribution in [0.15, 0.2) is 0 Å². The van der Waals surface area contributed by atoms with Crippen LogP contribution in [0.5, 0.6) is 0 Å². The molecule has 0 spiro atoms. The maximum atomic E-state index is 11.7. The Balaban J connectivity index is 2.47. The number of hydrogen-bond acceptors (Lipinski definition) is 3. The third-order valence-corrected chi connectivity index (χ3v) is 3.55. The Bertz CT molecular complexity index is 251. The second-order valence-corrected chi connectivity index (χ2v) is 5.40. The molecule has 4 nitrogen and oxygen atoms in total. The summed E-state index contributed by atoms with van der Waals surface area (Å²) in [7, 11) is 0. The number of nitrogens with two attached hydrogens (primary N) is 1. The molecule has 1 aliphatic rings. The van der Waals surface area contributed by atoms with E-state index in [0.717, 1.165) is 0 Å². The van der Waals surface area contributed by atoms with Crippen molar-refractivity contribution in [3.8, 4) is 0 Å². The molecule has 0 saturated heterocycles. The van der Waals surface area contributed by atoms with Gasteiger partial charge in [0.15, 0.2) is 0 Å². The Morgan fingerprint density at radius 1 is 1.53 bits per heavy atom. The predicted octanol–water partition coefficient (Wildman–Crippen LogP) is 0.245. The van der Waals surface area contributed by atoms with E-state index in [9.17, 15) is 9.90 Å². The lowest BCUT2D eigenvalue weighted by Gasteiger charge is -2.49. The fourth-order valence-electron chi connectivity index (χ4n) is 1.72. The summed E-state index contributed by atoms with van der Waals surface area (Å²) < 4.78 is 0. The Labute approximate surface area is 91.2 Å². The number of hydrogen-bond donors (Lipinski definition) is 3. The van der Waals surface area contributed by atoms with Crippen molar-refractivity contribution in [1.82, 2.24) is 5.32 Å². The highest BCUT2D eigenvalue weighted by Gasteiger charge is 2.48. The number of aliphatic hydroxyl groups excluding tert-OH is 1. The first kappa shape index (κ1) is 12.5. The number of aliphatic hydroxyl groups is 1. The molecule has 1 fully saturated rings. The van der Waals surface area contributed by atoms with Gasteiger partial charge in [-0.05, 0) is 12.3 Å². The molecule has 1 amide bonds. The molecule has 0 aromatic carbocycles. The summed E-state index contributed by atoms with van der Waals surface area (Å²) in [6.45, 7) is 7.75. The normalized spacial score (nSPS) is 30.9. The summed E-state index contributed by atoms with van der Waals surface area (Å²) >= 11 is 0. The number of nitrogens with one attached hydrogen (secondary N) is 1. The van der Waals surface area contributed by atoms with Crippen LogP contribution in [-0.4, -0.2) is 29.2 Å². The van der Waals surface area contributed by atoms with Crippen LogP contribution in [0, 0.1) is 11.3 Å². The third kappa shape index (κ3) is 2.32. The van der Waals surface area contributed by atoms with Gasteiger partial charge in [0.25, 0.3) is 0 Å². The molecule has 1 rings (SSSR count). The minimum absolute atomic E-state index is 0.0461. The lowest BCUT2D eigenvalue weighted by atomic mass is 9.64. The lowest BCUT2D eigenvalue weighted by Crippen LogP contribution is -2.63. The molecular formula is C11H22N2O2. The monoisotopic (exact) mass is 214 g/mol. The average Bonchev–Trinajstić information content (AvgIpc) is 2.15. The van der Waals surface area contributed by atoms with Crippen LogP contribution in [-0.2, 0) is 4.79 Å². The minimum Gasteiger partial charge on any atom is -0.392 e. The van der Waals surface area contributed by atoms with Gasteiger partial charge in [0.2, 0.25) is 5.91 Å². The molecule has 88 valence electrons. The largest absolute Gasteiger partial charge is 0.392 e. The SMILES string of the molecule is CC(C)[C@@H](N)C(=O)NC1CC(O)C1(C)C. The Hall–Kier alpha value is -0.610. The summed E-state index contributed by atoms with van der Waals surface area (Å²) in [6.07, 6.45) is 0.307. The summed E-state index contributed by atoms with van der Waals surface area (Å²) in [6, 6.07) is -0.414. The first-order valence-electron chi connectivity index (χ1n) is 5.50. The van der Waals surface area contributed by atoms with E-state index < -0.39 is 6.04 Å². The van der Waals surface area contributed by atoms with E-state index in [1.807, 2.05) is 27.7 Å². The van der Waals surface area contributed by atoms with Gasteiger partial charge in [0.1, 0.15) is 0 Å².